The molecular weight excluding hydrogens is 554 g/mol. The number of carbonyl (C=O) groups is 3. The van der Waals surface area contributed by atoms with Gasteiger partial charge in [-0.3, -0.25) is 14.4 Å². The quantitative estimate of drug-likeness (QED) is 0.495. The number of ether oxygens (including phenoxy) is 2. The first kappa shape index (κ1) is 28.4. The molecule has 4 aliphatic heterocycles. The summed E-state index contributed by atoms with van der Waals surface area (Å²) in [4.78, 5) is 48.1. The van der Waals surface area contributed by atoms with Gasteiger partial charge in [0.25, 0.3) is 5.91 Å². The molecule has 1 N–H and O–H groups in total. The van der Waals surface area contributed by atoms with Crippen molar-refractivity contribution in [2.75, 3.05) is 43.2 Å². The van der Waals surface area contributed by atoms with Crippen LogP contribution in [0.2, 0.25) is 0 Å². The SMILES string of the molecule is CCOc1ccc(N2CC=C[C@@H]3S[C@]45C=CCN(c6ccc(OC)cc6)C(=O)C4N([C@H](C)CO)C(=O)[C@@H]5[C@@H]3C2=O)cc1. The van der Waals surface area contributed by atoms with E-state index in [1.807, 2.05) is 67.6 Å². The number of anilines is 2. The van der Waals surface area contributed by atoms with Gasteiger partial charge in [0, 0.05) is 29.7 Å². The van der Waals surface area contributed by atoms with E-state index in [4.69, 9.17) is 9.47 Å². The molecule has 42 heavy (non-hydrogen) atoms. The second-order valence-corrected chi connectivity index (χ2v) is 12.5. The minimum absolute atomic E-state index is 0.147. The van der Waals surface area contributed by atoms with Gasteiger partial charge in [0.1, 0.15) is 17.5 Å². The molecule has 1 spiro atoms. The average molecular weight is 590 g/mol. The van der Waals surface area contributed by atoms with Gasteiger partial charge in [0.05, 0.1) is 42.9 Å². The monoisotopic (exact) mass is 589 g/mol. The summed E-state index contributed by atoms with van der Waals surface area (Å²) in [6.07, 6.45) is 7.91. The molecule has 0 radical (unpaired) electrons. The maximum absolute atomic E-state index is 14.5. The molecule has 6 atom stereocenters. The van der Waals surface area contributed by atoms with Gasteiger partial charge in [-0.25, -0.2) is 0 Å². The van der Waals surface area contributed by atoms with Gasteiger partial charge in [0.2, 0.25) is 11.8 Å². The van der Waals surface area contributed by atoms with Crippen LogP contribution in [0, 0.1) is 11.8 Å². The van der Waals surface area contributed by atoms with Crippen LogP contribution in [0.15, 0.2) is 72.8 Å². The first-order chi connectivity index (χ1) is 20.3. The molecule has 0 bridgehead atoms. The van der Waals surface area contributed by atoms with Crippen molar-refractivity contribution in [2.24, 2.45) is 11.8 Å². The highest BCUT2D eigenvalue weighted by atomic mass is 32.2. The lowest BCUT2D eigenvalue weighted by Crippen LogP contribution is -2.56. The number of benzene rings is 2. The number of hydrogen-bond donors (Lipinski definition) is 1. The fourth-order valence-electron chi connectivity index (χ4n) is 6.75. The fourth-order valence-corrected chi connectivity index (χ4v) is 8.75. The van der Waals surface area contributed by atoms with Crippen molar-refractivity contribution in [1.29, 1.82) is 0 Å². The van der Waals surface area contributed by atoms with Crippen molar-refractivity contribution in [2.45, 2.75) is 35.9 Å². The van der Waals surface area contributed by atoms with Crippen LogP contribution in [0.25, 0.3) is 0 Å². The fraction of sp³-hybridized carbons (Fsp3) is 0.406. The summed E-state index contributed by atoms with van der Waals surface area (Å²) in [6.45, 7) is 4.62. The van der Waals surface area contributed by atoms with Gasteiger partial charge in [-0.15, -0.1) is 11.8 Å². The number of fused-ring (bicyclic) bond motifs is 2. The van der Waals surface area contributed by atoms with Crippen molar-refractivity contribution in [3.8, 4) is 11.5 Å². The zero-order valence-corrected chi connectivity index (χ0v) is 24.7. The Labute approximate surface area is 249 Å². The molecule has 220 valence electrons. The molecule has 10 heteroatoms. The summed E-state index contributed by atoms with van der Waals surface area (Å²) in [5.41, 5.74) is 1.41. The standard InChI is InChI=1S/C32H35N3O6S/c1-4-41-24-14-10-21(11-15-24)33-17-5-7-25-26(29(33)37)27-30(38)35(20(2)19-36)28-31(39)34(18-6-16-32(27,28)42-25)22-8-12-23(40-3)13-9-22/h5-16,20,25-28,36H,4,17-19H2,1-3H3/t20-,25+,26-,27+,28?,32+/m1/s1. The van der Waals surface area contributed by atoms with Crippen LogP contribution >= 0.6 is 11.8 Å². The smallest absolute Gasteiger partial charge is 0.251 e. The maximum Gasteiger partial charge on any atom is 0.251 e. The highest BCUT2D eigenvalue weighted by molar-refractivity contribution is 8.02. The lowest BCUT2D eigenvalue weighted by molar-refractivity contribution is -0.141. The Morgan fingerprint density at radius 3 is 2.17 bits per heavy atom. The van der Waals surface area contributed by atoms with Crippen LogP contribution in [-0.4, -0.2) is 83.2 Å². The van der Waals surface area contributed by atoms with Crippen LogP contribution in [-0.2, 0) is 14.4 Å². The molecule has 3 amide bonds. The van der Waals surface area contributed by atoms with Crippen LogP contribution in [0.3, 0.4) is 0 Å². The number of amides is 3. The first-order valence-corrected chi connectivity index (χ1v) is 15.2. The van der Waals surface area contributed by atoms with E-state index < -0.39 is 28.7 Å². The van der Waals surface area contributed by atoms with Crippen LogP contribution < -0.4 is 19.3 Å². The number of aliphatic hydroxyl groups is 1. The van der Waals surface area contributed by atoms with Gasteiger partial charge in [-0.2, -0.15) is 0 Å². The first-order valence-electron chi connectivity index (χ1n) is 14.3. The van der Waals surface area contributed by atoms with Gasteiger partial charge in [-0.1, -0.05) is 24.3 Å². The normalized spacial score (nSPS) is 29.1. The summed E-state index contributed by atoms with van der Waals surface area (Å²) in [5.74, 6) is -0.686. The third kappa shape index (κ3) is 4.39. The van der Waals surface area contributed by atoms with E-state index in [9.17, 15) is 19.5 Å². The molecule has 0 aromatic heterocycles. The van der Waals surface area contributed by atoms with Gasteiger partial charge >= 0.3 is 0 Å². The maximum atomic E-state index is 14.5. The lowest BCUT2D eigenvalue weighted by Gasteiger charge is -2.37. The van der Waals surface area contributed by atoms with E-state index in [-0.39, 0.29) is 29.6 Å². The zero-order chi connectivity index (χ0) is 29.6. The number of hydrogen-bond acceptors (Lipinski definition) is 7. The van der Waals surface area contributed by atoms with Gasteiger partial charge in [-0.05, 0) is 62.4 Å². The second kappa shape index (κ2) is 11.1. The number of carbonyl (C=O) groups excluding carboxylic acids is 3. The molecule has 2 aromatic rings. The van der Waals surface area contributed by atoms with Crippen LogP contribution in [0.4, 0.5) is 11.4 Å². The average Bonchev–Trinajstić information content (AvgIpc) is 3.33. The van der Waals surface area contributed by atoms with E-state index in [0.717, 1.165) is 11.4 Å². The highest BCUT2D eigenvalue weighted by Gasteiger charge is 2.71. The van der Waals surface area contributed by atoms with E-state index >= 15 is 0 Å². The molecule has 6 rings (SSSR count). The van der Waals surface area contributed by atoms with Crippen molar-refractivity contribution in [1.82, 2.24) is 4.90 Å². The van der Waals surface area contributed by atoms with Crippen LogP contribution in [0.5, 0.6) is 11.5 Å². The van der Waals surface area contributed by atoms with E-state index in [1.54, 1.807) is 36.0 Å². The molecule has 0 aliphatic carbocycles. The molecule has 2 aromatic carbocycles. The summed E-state index contributed by atoms with van der Waals surface area (Å²) in [6, 6.07) is 13.1. The minimum atomic E-state index is -0.962. The Hall–Kier alpha value is -3.76. The number of likely N-dealkylation sites (tertiary alicyclic amines) is 1. The predicted octanol–water partition coefficient (Wildman–Crippen LogP) is 3.28. The van der Waals surface area contributed by atoms with E-state index in [1.165, 1.54) is 16.7 Å². The topological polar surface area (TPSA) is 99.6 Å². The minimum Gasteiger partial charge on any atom is -0.497 e. The van der Waals surface area contributed by atoms with Crippen LogP contribution in [0.1, 0.15) is 13.8 Å². The van der Waals surface area contributed by atoms with Crippen molar-refractivity contribution >= 4 is 40.9 Å². The molecule has 9 nitrogen and oxygen atoms in total. The summed E-state index contributed by atoms with van der Waals surface area (Å²) >= 11 is 1.52. The highest BCUT2D eigenvalue weighted by Crippen LogP contribution is 2.61. The van der Waals surface area contributed by atoms with Crippen molar-refractivity contribution in [3.05, 3.63) is 72.8 Å². The van der Waals surface area contributed by atoms with Crippen molar-refractivity contribution < 1.29 is 29.0 Å². The molecule has 4 heterocycles. The summed E-state index contributed by atoms with van der Waals surface area (Å²) in [7, 11) is 1.59. The Kier molecular flexibility index (Phi) is 7.53. The van der Waals surface area contributed by atoms with E-state index in [0.29, 0.717) is 31.1 Å². The Balaban J connectivity index is 1.40. The predicted molar refractivity (Wildman–Crippen MR) is 162 cm³/mol. The summed E-state index contributed by atoms with van der Waals surface area (Å²) in [5, 5.41) is 9.91. The van der Waals surface area contributed by atoms with E-state index in [2.05, 4.69) is 0 Å². The molecule has 1 unspecified atom stereocenters. The number of methoxy groups -OCH3 is 1. The Morgan fingerprint density at radius 1 is 0.929 bits per heavy atom. The molecule has 0 saturated carbocycles. The third-order valence-electron chi connectivity index (χ3n) is 8.68. The Bertz CT molecular complexity index is 1430. The zero-order valence-electron chi connectivity index (χ0n) is 23.9. The number of rotatable bonds is 7. The summed E-state index contributed by atoms with van der Waals surface area (Å²) < 4.78 is 9.91. The molecular formula is C32H35N3O6S. The molecule has 2 saturated heterocycles. The van der Waals surface area contributed by atoms with Gasteiger partial charge < -0.3 is 29.3 Å². The van der Waals surface area contributed by atoms with Crippen molar-refractivity contribution in [3.63, 3.8) is 0 Å². The number of aliphatic hydroxyl groups excluding tert-OH is 1. The Morgan fingerprint density at radius 2 is 1.55 bits per heavy atom. The lowest BCUT2D eigenvalue weighted by atomic mass is 9.78. The molecule has 4 aliphatic rings. The largest absolute Gasteiger partial charge is 0.497 e. The number of nitrogens with zero attached hydrogens (tertiary/aromatic N) is 3. The van der Waals surface area contributed by atoms with Gasteiger partial charge in [0.15, 0.2) is 0 Å². The number of thioether (sulfide) groups is 1. The second-order valence-electron chi connectivity index (χ2n) is 11.0. The molecule has 2 fully saturated rings. The third-order valence-corrected chi connectivity index (χ3v) is 10.4.